The molecule has 0 amide bonds. The predicted molar refractivity (Wildman–Crippen MR) is 82.5 cm³/mol. The lowest BCUT2D eigenvalue weighted by atomic mass is 10.2. The fraction of sp³-hybridized carbons (Fsp3) is 0.571. The third-order valence-corrected chi connectivity index (χ3v) is 4.54. The number of aliphatic imine (C=N–C) groups is 1. The van der Waals surface area contributed by atoms with Gasteiger partial charge in [-0.25, -0.2) is 0 Å². The van der Waals surface area contributed by atoms with Gasteiger partial charge in [0.25, 0.3) is 0 Å². The minimum Gasteiger partial charge on any atom is -0.354 e. The number of nitrogens with one attached hydrogen (secondary N) is 2. The Hall–Kier alpha value is -1.23. The summed E-state index contributed by atoms with van der Waals surface area (Å²) in [7, 11) is 1.81. The number of rotatable bonds is 4. The van der Waals surface area contributed by atoms with Crippen LogP contribution in [0.4, 0.5) is 0 Å². The smallest absolute Gasteiger partial charge is 0.191 e. The summed E-state index contributed by atoms with van der Waals surface area (Å²) in [4.78, 5) is 8.57. The molecule has 104 valence electrons. The van der Waals surface area contributed by atoms with Crippen molar-refractivity contribution in [2.24, 2.45) is 4.99 Å². The summed E-state index contributed by atoms with van der Waals surface area (Å²) in [6.07, 6.45) is 7.77. The zero-order valence-electron chi connectivity index (χ0n) is 11.6. The Morgan fingerprint density at radius 2 is 2.37 bits per heavy atom. The van der Waals surface area contributed by atoms with Crippen molar-refractivity contribution in [1.29, 1.82) is 0 Å². The Kier molecular flexibility index (Phi) is 5.51. The number of guanidine groups is 1. The molecule has 1 aromatic rings. The summed E-state index contributed by atoms with van der Waals surface area (Å²) in [6, 6.07) is 6.49. The standard InChI is InChI=1S/C14H22N4S/c1-15-14(17-10-12-5-3-4-8-16-12)18-11-6-7-13(9-11)19-2/h3-5,8,11,13H,6-7,9-10H2,1-2H3,(H2,15,17,18). The summed E-state index contributed by atoms with van der Waals surface area (Å²) in [5.41, 5.74) is 1.03. The molecule has 5 heteroatoms. The van der Waals surface area contributed by atoms with E-state index >= 15 is 0 Å². The second-order valence-electron chi connectivity index (χ2n) is 4.76. The van der Waals surface area contributed by atoms with Gasteiger partial charge in [0.1, 0.15) is 0 Å². The first-order valence-electron chi connectivity index (χ1n) is 6.71. The Morgan fingerprint density at radius 3 is 3.00 bits per heavy atom. The van der Waals surface area contributed by atoms with E-state index in [1.165, 1.54) is 19.3 Å². The van der Waals surface area contributed by atoms with Crippen molar-refractivity contribution >= 4 is 17.7 Å². The maximum Gasteiger partial charge on any atom is 0.191 e. The Bertz CT molecular complexity index is 407. The van der Waals surface area contributed by atoms with Crippen LogP contribution in [0.3, 0.4) is 0 Å². The van der Waals surface area contributed by atoms with Crippen molar-refractivity contribution in [2.45, 2.75) is 37.1 Å². The van der Waals surface area contributed by atoms with E-state index in [1.54, 1.807) is 0 Å². The molecular weight excluding hydrogens is 256 g/mol. The zero-order chi connectivity index (χ0) is 13.5. The van der Waals surface area contributed by atoms with Crippen LogP contribution in [0.15, 0.2) is 29.4 Å². The molecule has 0 radical (unpaired) electrons. The van der Waals surface area contributed by atoms with E-state index in [4.69, 9.17) is 0 Å². The van der Waals surface area contributed by atoms with Gasteiger partial charge in [-0.05, 0) is 37.7 Å². The van der Waals surface area contributed by atoms with Crippen LogP contribution in [0, 0.1) is 0 Å². The highest BCUT2D eigenvalue weighted by atomic mass is 32.2. The fourth-order valence-electron chi connectivity index (χ4n) is 2.35. The second-order valence-corrected chi connectivity index (χ2v) is 5.90. The van der Waals surface area contributed by atoms with Gasteiger partial charge < -0.3 is 10.6 Å². The van der Waals surface area contributed by atoms with E-state index in [9.17, 15) is 0 Å². The van der Waals surface area contributed by atoms with E-state index in [0.717, 1.165) is 16.9 Å². The van der Waals surface area contributed by atoms with Crippen LogP contribution in [0.25, 0.3) is 0 Å². The van der Waals surface area contributed by atoms with Crippen LogP contribution in [-0.2, 0) is 6.54 Å². The van der Waals surface area contributed by atoms with Gasteiger partial charge in [-0.2, -0.15) is 11.8 Å². The van der Waals surface area contributed by atoms with Crippen LogP contribution in [-0.4, -0.2) is 35.5 Å². The molecule has 2 rings (SSSR count). The fourth-order valence-corrected chi connectivity index (χ4v) is 3.15. The summed E-state index contributed by atoms with van der Waals surface area (Å²) in [6.45, 7) is 0.708. The van der Waals surface area contributed by atoms with Crippen LogP contribution < -0.4 is 10.6 Å². The normalized spacial score (nSPS) is 23.4. The van der Waals surface area contributed by atoms with E-state index in [-0.39, 0.29) is 0 Å². The maximum atomic E-state index is 4.29. The number of pyridine rings is 1. The van der Waals surface area contributed by atoms with Gasteiger partial charge in [0.15, 0.2) is 5.96 Å². The third kappa shape index (κ3) is 4.42. The molecule has 0 aliphatic heterocycles. The summed E-state index contributed by atoms with van der Waals surface area (Å²) in [5.74, 6) is 0.873. The van der Waals surface area contributed by atoms with E-state index in [2.05, 4.69) is 26.9 Å². The number of hydrogen-bond acceptors (Lipinski definition) is 3. The molecule has 4 nitrogen and oxygen atoms in total. The van der Waals surface area contributed by atoms with E-state index in [1.807, 2.05) is 43.2 Å². The monoisotopic (exact) mass is 278 g/mol. The SMILES string of the molecule is CN=C(NCc1ccccn1)NC1CCC(SC)C1. The molecule has 2 N–H and O–H groups in total. The van der Waals surface area contributed by atoms with E-state index < -0.39 is 0 Å². The predicted octanol–water partition coefficient (Wildman–Crippen LogP) is 2.03. The summed E-state index contributed by atoms with van der Waals surface area (Å²) < 4.78 is 0. The first kappa shape index (κ1) is 14.2. The van der Waals surface area contributed by atoms with Crippen molar-refractivity contribution in [2.75, 3.05) is 13.3 Å². The van der Waals surface area contributed by atoms with Crippen LogP contribution in [0.2, 0.25) is 0 Å². The number of nitrogens with zero attached hydrogens (tertiary/aromatic N) is 2. The molecule has 1 aliphatic rings. The van der Waals surface area contributed by atoms with Gasteiger partial charge in [0, 0.05) is 24.5 Å². The molecule has 1 fully saturated rings. The Labute approximate surface area is 119 Å². The Morgan fingerprint density at radius 1 is 1.47 bits per heavy atom. The molecule has 1 saturated carbocycles. The number of thioether (sulfide) groups is 1. The maximum absolute atomic E-state index is 4.29. The lowest BCUT2D eigenvalue weighted by Crippen LogP contribution is -2.42. The highest BCUT2D eigenvalue weighted by molar-refractivity contribution is 7.99. The molecule has 1 aliphatic carbocycles. The highest BCUT2D eigenvalue weighted by Gasteiger charge is 2.24. The average Bonchev–Trinajstić information content (AvgIpc) is 2.92. The van der Waals surface area contributed by atoms with Gasteiger partial charge in [-0.15, -0.1) is 0 Å². The van der Waals surface area contributed by atoms with Crippen LogP contribution in [0.1, 0.15) is 25.0 Å². The number of aromatic nitrogens is 1. The molecule has 1 heterocycles. The molecule has 0 saturated heterocycles. The van der Waals surface area contributed by atoms with Gasteiger partial charge in [-0.1, -0.05) is 6.07 Å². The van der Waals surface area contributed by atoms with Crippen molar-refractivity contribution in [3.8, 4) is 0 Å². The van der Waals surface area contributed by atoms with Crippen LogP contribution in [0.5, 0.6) is 0 Å². The third-order valence-electron chi connectivity index (χ3n) is 3.45. The first-order chi connectivity index (χ1) is 9.31. The van der Waals surface area contributed by atoms with Crippen molar-refractivity contribution in [3.63, 3.8) is 0 Å². The molecule has 2 atom stereocenters. The summed E-state index contributed by atoms with van der Waals surface area (Å²) >= 11 is 1.97. The van der Waals surface area contributed by atoms with Gasteiger partial charge in [0.05, 0.1) is 12.2 Å². The van der Waals surface area contributed by atoms with Crippen molar-refractivity contribution in [1.82, 2.24) is 15.6 Å². The Balaban J connectivity index is 1.78. The molecular formula is C14H22N4S. The summed E-state index contributed by atoms with van der Waals surface area (Å²) in [5, 5.41) is 7.61. The quantitative estimate of drug-likeness (QED) is 0.653. The van der Waals surface area contributed by atoms with Gasteiger partial charge in [-0.3, -0.25) is 9.98 Å². The van der Waals surface area contributed by atoms with E-state index in [0.29, 0.717) is 12.6 Å². The lowest BCUT2D eigenvalue weighted by molar-refractivity contribution is 0.613. The average molecular weight is 278 g/mol. The van der Waals surface area contributed by atoms with Crippen molar-refractivity contribution < 1.29 is 0 Å². The lowest BCUT2D eigenvalue weighted by Gasteiger charge is -2.17. The highest BCUT2D eigenvalue weighted by Crippen LogP contribution is 2.27. The molecule has 1 aromatic heterocycles. The molecule has 2 unspecified atom stereocenters. The molecule has 0 bridgehead atoms. The van der Waals surface area contributed by atoms with Crippen LogP contribution >= 0.6 is 11.8 Å². The largest absolute Gasteiger partial charge is 0.354 e. The van der Waals surface area contributed by atoms with Gasteiger partial charge >= 0.3 is 0 Å². The molecule has 19 heavy (non-hydrogen) atoms. The topological polar surface area (TPSA) is 49.3 Å². The first-order valence-corrected chi connectivity index (χ1v) is 8.00. The minimum atomic E-state index is 0.549. The van der Waals surface area contributed by atoms with Crippen molar-refractivity contribution in [3.05, 3.63) is 30.1 Å². The molecule has 0 spiro atoms. The second kappa shape index (κ2) is 7.38. The molecule has 0 aromatic carbocycles. The number of hydrogen-bond donors (Lipinski definition) is 2. The minimum absolute atomic E-state index is 0.549. The van der Waals surface area contributed by atoms with Gasteiger partial charge in [0.2, 0.25) is 0 Å². The zero-order valence-corrected chi connectivity index (χ0v) is 12.4.